The highest BCUT2D eigenvalue weighted by atomic mass is 19.1. The Hall–Kier alpha value is -2.69. The quantitative estimate of drug-likeness (QED) is 0.717. The lowest BCUT2D eigenvalue weighted by atomic mass is 10.1. The van der Waals surface area contributed by atoms with E-state index in [0.29, 0.717) is 28.8 Å². The van der Waals surface area contributed by atoms with Gasteiger partial charge in [-0.3, -0.25) is 4.98 Å². The number of anilines is 2. The molecule has 4 nitrogen and oxygen atoms in total. The van der Waals surface area contributed by atoms with Gasteiger partial charge in [-0.15, -0.1) is 0 Å². The Morgan fingerprint density at radius 1 is 1.05 bits per heavy atom. The maximum Gasteiger partial charge on any atom is 0.136 e. The average molecular weight is 268 g/mol. The van der Waals surface area contributed by atoms with Gasteiger partial charge in [-0.05, 0) is 30.3 Å². The van der Waals surface area contributed by atoms with E-state index >= 15 is 0 Å². The van der Waals surface area contributed by atoms with Crippen molar-refractivity contribution in [2.24, 2.45) is 0 Å². The van der Waals surface area contributed by atoms with Crippen LogP contribution in [-0.4, -0.2) is 9.97 Å². The van der Waals surface area contributed by atoms with Crippen molar-refractivity contribution in [1.82, 2.24) is 9.97 Å². The summed E-state index contributed by atoms with van der Waals surface area (Å²) in [6.07, 6.45) is 3.28. The first-order valence-electron chi connectivity index (χ1n) is 6.22. The fourth-order valence-electron chi connectivity index (χ4n) is 2.10. The van der Waals surface area contributed by atoms with E-state index in [2.05, 4.69) is 15.3 Å². The number of hydrogen-bond acceptors (Lipinski definition) is 4. The molecule has 20 heavy (non-hydrogen) atoms. The molecule has 0 aliphatic carbocycles. The zero-order chi connectivity index (χ0) is 13.9. The van der Waals surface area contributed by atoms with Gasteiger partial charge in [0, 0.05) is 23.5 Å². The van der Waals surface area contributed by atoms with E-state index < -0.39 is 0 Å². The Kier molecular flexibility index (Phi) is 3.16. The molecular weight excluding hydrogens is 255 g/mol. The molecule has 0 saturated carbocycles. The van der Waals surface area contributed by atoms with Crippen LogP contribution in [0.1, 0.15) is 5.69 Å². The summed E-state index contributed by atoms with van der Waals surface area (Å²) in [5, 5.41) is 4.21. The molecule has 3 aromatic rings. The average Bonchev–Trinajstić information content (AvgIpc) is 2.50. The smallest absolute Gasteiger partial charge is 0.136 e. The van der Waals surface area contributed by atoms with Gasteiger partial charge in [0.2, 0.25) is 0 Å². The molecular formula is C15H13FN4. The van der Waals surface area contributed by atoms with Crippen LogP contribution in [0.4, 0.5) is 15.9 Å². The monoisotopic (exact) mass is 268 g/mol. The summed E-state index contributed by atoms with van der Waals surface area (Å²) in [5.74, 6) is 0.252. The first-order valence-corrected chi connectivity index (χ1v) is 6.22. The summed E-state index contributed by atoms with van der Waals surface area (Å²) in [7, 11) is 0. The molecule has 0 radical (unpaired) electrons. The lowest BCUT2D eigenvalue weighted by Crippen LogP contribution is -2.04. The van der Waals surface area contributed by atoms with E-state index in [1.54, 1.807) is 24.5 Å². The fourth-order valence-corrected chi connectivity index (χ4v) is 2.10. The van der Waals surface area contributed by atoms with Gasteiger partial charge in [0.25, 0.3) is 0 Å². The summed E-state index contributed by atoms with van der Waals surface area (Å²) in [6.45, 7) is 0.503. The van der Waals surface area contributed by atoms with Gasteiger partial charge in [0.05, 0.1) is 17.6 Å². The highest BCUT2D eigenvalue weighted by Gasteiger charge is 2.09. The van der Waals surface area contributed by atoms with Gasteiger partial charge >= 0.3 is 0 Å². The number of nitrogen functional groups attached to an aromatic ring is 1. The summed E-state index contributed by atoms with van der Waals surface area (Å²) < 4.78 is 13.8. The van der Waals surface area contributed by atoms with Crippen molar-refractivity contribution >= 4 is 22.3 Å². The van der Waals surface area contributed by atoms with Crippen LogP contribution >= 0.6 is 0 Å². The van der Waals surface area contributed by atoms with E-state index in [0.717, 1.165) is 5.69 Å². The van der Waals surface area contributed by atoms with E-state index in [1.165, 1.54) is 6.07 Å². The van der Waals surface area contributed by atoms with Crippen LogP contribution in [0.5, 0.6) is 0 Å². The number of rotatable bonds is 3. The molecule has 0 atom stereocenters. The standard InChI is InChI=1S/C15H13FN4/c16-12-4-5-13(17)14-11(12)6-8-19-15(14)20-9-10-3-1-2-7-18-10/h1-8H,9,17H2,(H,19,20). The van der Waals surface area contributed by atoms with Crippen molar-refractivity contribution in [1.29, 1.82) is 0 Å². The molecule has 0 fully saturated rings. The molecule has 1 aromatic carbocycles. The molecule has 2 aromatic heterocycles. The van der Waals surface area contributed by atoms with Crippen LogP contribution in [0.3, 0.4) is 0 Å². The van der Waals surface area contributed by atoms with Gasteiger partial charge in [-0.25, -0.2) is 9.37 Å². The molecule has 0 amide bonds. The molecule has 0 aliphatic rings. The third kappa shape index (κ3) is 2.25. The number of nitrogens with one attached hydrogen (secondary N) is 1. The predicted molar refractivity (Wildman–Crippen MR) is 77.7 cm³/mol. The Bertz CT molecular complexity index is 743. The molecule has 0 saturated heterocycles. The lowest BCUT2D eigenvalue weighted by molar-refractivity contribution is 0.640. The van der Waals surface area contributed by atoms with E-state index in [4.69, 9.17) is 5.73 Å². The highest BCUT2D eigenvalue weighted by molar-refractivity contribution is 6.00. The Morgan fingerprint density at radius 3 is 2.75 bits per heavy atom. The molecule has 3 rings (SSSR count). The summed E-state index contributed by atoms with van der Waals surface area (Å²) in [6, 6.07) is 10.2. The summed E-state index contributed by atoms with van der Waals surface area (Å²) in [4.78, 5) is 8.46. The van der Waals surface area contributed by atoms with E-state index in [1.807, 2.05) is 18.2 Å². The molecule has 0 unspecified atom stereocenters. The Labute approximate surface area is 115 Å². The lowest BCUT2D eigenvalue weighted by Gasteiger charge is -2.10. The minimum absolute atomic E-state index is 0.308. The number of halogens is 1. The first kappa shape index (κ1) is 12.3. The van der Waals surface area contributed by atoms with Crippen LogP contribution in [-0.2, 0) is 6.54 Å². The minimum atomic E-state index is -0.308. The van der Waals surface area contributed by atoms with Crippen LogP contribution in [0, 0.1) is 5.82 Å². The zero-order valence-corrected chi connectivity index (χ0v) is 10.7. The third-order valence-electron chi connectivity index (χ3n) is 3.07. The largest absolute Gasteiger partial charge is 0.398 e. The van der Waals surface area contributed by atoms with Gasteiger partial charge in [0.15, 0.2) is 0 Å². The predicted octanol–water partition coefficient (Wildman–Crippen LogP) is 2.96. The second-order valence-electron chi connectivity index (χ2n) is 4.39. The first-order chi connectivity index (χ1) is 9.75. The summed E-state index contributed by atoms with van der Waals surface area (Å²) in [5.41, 5.74) is 7.31. The number of pyridine rings is 2. The van der Waals surface area contributed by atoms with Gasteiger partial charge in [-0.1, -0.05) is 6.07 Å². The zero-order valence-electron chi connectivity index (χ0n) is 10.7. The van der Waals surface area contributed by atoms with Crippen LogP contribution in [0.2, 0.25) is 0 Å². The third-order valence-corrected chi connectivity index (χ3v) is 3.07. The number of benzene rings is 1. The normalized spacial score (nSPS) is 10.7. The summed E-state index contributed by atoms with van der Waals surface area (Å²) >= 11 is 0. The van der Waals surface area contributed by atoms with Crippen LogP contribution in [0.25, 0.3) is 10.8 Å². The van der Waals surface area contributed by atoms with Crippen molar-refractivity contribution in [2.75, 3.05) is 11.1 Å². The van der Waals surface area contributed by atoms with Crippen LogP contribution < -0.4 is 11.1 Å². The maximum atomic E-state index is 13.8. The second kappa shape index (κ2) is 5.13. The fraction of sp³-hybridized carbons (Fsp3) is 0.0667. The van der Waals surface area contributed by atoms with Crippen molar-refractivity contribution in [3.8, 4) is 0 Å². The van der Waals surface area contributed by atoms with E-state index in [-0.39, 0.29) is 5.82 Å². The number of aromatic nitrogens is 2. The molecule has 0 aliphatic heterocycles. The Morgan fingerprint density at radius 2 is 1.95 bits per heavy atom. The van der Waals surface area contributed by atoms with E-state index in [9.17, 15) is 4.39 Å². The number of hydrogen-bond donors (Lipinski definition) is 2. The second-order valence-corrected chi connectivity index (χ2v) is 4.39. The highest BCUT2D eigenvalue weighted by Crippen LogP contribution is 2.29. The van der Waals surface area contributed by atoms with Gasteiger partial charge < -0.3 is 11.1 Å². The minimum Gasteiger partial charge on any atom is -0.398 e. The maximum absolute atomic E-state index is 13.8. The van der Waals surface area contributed by atoms with Crippen molar-refractivity contribution in [3.05, 3.63) is 60.3 Å². The molecule has 0 spiro atoms. The van der Waals surface area contributed by atoms with Gasteiger partial charge in [-0.2, -0.15) is 0 Å². The SMILES string of the molecule is Nc1ccc(F)c2ccnc(NCc3ccccn3)c12. The molecule has 5 heteroatoms. The van der Waals surface area contributed by atoms with Gasteiger partial charge in [0.1, 0.15) is 11.6 Å². The number of nitrogens with zero attached hydrogens (tertiary/aromatic N) is 2. The molecule has 3 N–H and O–H groups in total. The van der Waals surface area contributed by atoms with Crippen molar-refractivity contribution < 1.29 is 4.39 Å². The topological polar surface area (TPSA) is 63.8 Å². The number of nitrogens with two attached hydrogens (primary N) is 1. The number of fused-ring (bicyclic) bond motifs is 1. The van der Waals surface area contributed by atoms with Crippen molar-refractivity contribution in [2.45, 2.75) is 6.54 Å². The molecule has 2 heterocycles. The Balaban J connectivity index is 1.98. The van der Waals surface area contributed by atoms with Crippen molar-refractivity contribution in [3.63, 3.8) is 0 Å². The molecule has 0 bridgehead atoms. The molecule has 100 valence electrons. The van der Waals surface area contributed by atoms with Crippen LogP contribution in [0.15, 0.2) is 48.8 Å².